The molecule has 0 saturated carbocycles. The molecule has 26 heavy (non-hydrogen) atoms. The van der Waals surface area contributed by atoms with Crippen molar-refractivity contribution in [2.24, 2.45) is 0 Å². The summed E-state index contributed by atoms with van der Waals surface area (Å²) in [4.78, 5) is 39.5. The predicted molar refractivity (Wildman–Crippen MR) is 101 cm³/mol. The van der Waals surface area contributed by atoms with Gasteiger partial charge in [0.2, 0.25) is 0 Å². The second kappa shape index (κ2) is 6.29. The highest BCUT2D eigenvalue weighted by molar-refractivity contribution is 7.99. The number of aryl methyl sites for hydroxylation is 1. The number of furan rings is 2. The van der Waals surface area contributed by atoms with Gasteiger partial charge in [-0.05, 0) is 42.9 Å². The molecule has 0 spiro atoms. The summed E-state index contributed by atoms with van der Waals surface area (Å²) in [5.74, 6) is 0.0334. The molecule has 6 heteroatoms. The molecule has 0 radical (unpaired) electrons. The summed E-state index contributed by atoms with van der Waals surface area (Å²) >= 11 is 1.52. The molecule has 132 valence electrons. The average molecular weight is 367 g/mol. The predicted octanol–water partition coefficient (Wildman–Crippen LogP) is 4.68. The normalized spacial score (nSPS) is 13.8. The van der Waals surface area contributed by atoms with Gasteiger partial charge in [0.05, 0.1) is 16.8 Å². The van der Waals surface area contributed by atoms with E-state index in [0.29, 0.717) is 38.4 Å². The molecule has 0 aliphatic carbocycles. The number of imide groups is 1. The minimum absolute atomic E-state index is 0.324. The van der Waals surface area contributed by atoms with E-state index in [4.69, 9.17) is 4.42 Å². The zero-order valence-electron chi connectivity index (χ0n) is 14.5. The Balaban J connectivity index is 1.83. The van der Waals surface area contributed by atoms with Crippen molar-refractivity contribution in [1.82, 2.24) is 0 Å². The quantitative estimate of drug-likeness (QED) is 0.274. The highest BCUT2D eigenvalue weighted by atomic mass is 32.2. The lowest BCUT2D eigenvalue weighted by Gasteiger charge is -2.20. The number of thioether (sulfide) groups is 1. The molecule has 0 saturated heterocycles. The van der Waals surface area contributed by atoms with Gasteiger partial charge in [0.1, 0.15) is 11.2 Å². The number of hydrogen-bond acceptors (Lipinski definition) is 5. The maximum Gasteiger partial charge on any atom is 0.270 e. The van der Waals surface area contributed by atoms with Crippen molar-refractivity contribution in [1.29, 1.82) is 0 Å². The molecule has 1 aromatic carbocycles. The van der Waals surface area contributed by atoms with Crippen LogP contribution in [0.3, 0.4) is 0 Å². The fraction of sp³-hybridized carbons (Fsp3) is 0.250. The minimum Gasteiger partial charge on any atom is -0.456 e. The number of carbonyl (C=O) groups is 3. The molecule has 2 bridgehead atoms. The van der Waals surface area contributed by atoms with E-state index >= 15 is 0 Å². The van der Waals surface area contributed by atoms with Crippen LogP contribution in [-0.4, -0.2) is 23.9 Å². The Morgan fingerprint density at radius 3 is 2.31 bits per heavy atom. The maximum atomic E-state index is 13.0. The van der Waals surface area contributed by atoms with E-state index in [0.717, 1.165) is 30.4 Å². The van der Waals surface area contributed by atoms with Crippen molar-refractivity contribution in [3.8, 4) is 0 Å². The molecule has 2 aromatic heterocycles. The van der Waals surface area contributed by atoms with Crippen molar-refractivity contribution in [3.05, 3.63) is 46.5 Å². The van der Waals surface area contributed by atoms with Crippen molar-refractivity contribution in [2.75, 3.05) is 10.7 Å². The van der Waals surface area contributed by atoms with Crippen LogP contribution in [0.15, 0.2) is 33.6 Å². The number of benzene rings is 2. The van der Waals surface area contributed by atoms with Gasteiger partial charge < -0.3 is 4.42 Å². The van der Waals surface area contributed by atoms with Crippen LogP contribution in [-0.2, 0) is 0 Å². The molecule has 3 heterocycles. The average Bonchev–Trinajstić information content (AvgIpc) is 3.30. The van der Waals surface area contributed by atoms with Crippen LogP contribution in [0, 0.1) is 6.92 Å². The van der Waals surface area contributed by atoms with Gasteiger partial charge in [-0.1, -0.05) is 19.4 Å². The molecule has 0 N–H and O–H groups in total. The highest BCUT2D eigenvalue weighted by Crippen LogP contribution is 2.42. The first-order valence-corrected chi connectivity index (χ1v) is 9.52. The van der Waals surface area contributed by atoms with Gasteiger partial charge in [-0.2, -0.15) is 0 Å². The van der Waals surface area contributed by atoms with Crippen molar-refractivity contribution in [2.45, 2.75) is 31.6 Å². The first-order chi connectivity index (χ1) is 12.6. The molecular weight excluding hydrogens is 350 g/mol. The molecule has 0 atom stereocenters. The Morgan fingerprint density at radius 2 is 1.73 bits per heavy atom. The van der Waals surface area contributed by atoms with Crippen molar-refractivity contribution >= 4 is 46.7 Å². The molecule has 1 aliphatic rings. The van der Waals surface area contributed by atoms with Gasteiger partial charge in [-0.3, -0.25) is 14.4 Å². The zero-order valence-corrected chi connectivity index (χ0v) is 15.3. The largest absolute Gasteiger partial charge is 0.456 e. The third-order valence-corrected chi connectivity index (χ3v) is 5.89. The van der Waals surface area contributed by atoms with Crippen LogP contribution in [0.2, 0.25) is 0 Å². The third-order valence-electron chi connectivity index (χ3n) is 4.68. The van der Waals surface area contributed by atoms with E-state index in [1.165, 1.54) is 16.7 Å². The molecule has 5 nitrogen and oxygen atoms in total. The summed E-state index contributed by atoms with van der Waals surface area (Å²) < 4.78 is 5.46. The van der Waals surface area contributed by atoms with Crippen molar-refractivity contribution in [3.63, 3.8) is 0 Å². The molecule has 4 rings (SSSR count). The third kappa shape index (κ3) is 2.29. The van der Waals surface area contributed by atoms with Crippen molar-refractivity contribution < 1.29 is 18.8 Å². The Kier molecular flexibility index (Phi) is 4.07. The fourth-order valence-corrected chi connectivity index (χ4v) is 4.60. The lowest BCUT2D eigenvalue weighted by Crippen LogP contribution is -2.30. The van der Waals surface area contributed by atoms with Gasteiger partial charge in [0, 0.05) is 10.5 Å². The maximum absolute atomic E-state index is 13.0. The number of aldehydes is 1. The number of amides is 2. The summed E-state index contributed by atoms with van der Waals surface area (Å²) in [7, 11) is 0. The van der Waals surface area contributed by atoms with Gasteiger partial charge in [0.25, 0.3) is 11.8 Å². The van der Waals surface area contributed by atoms with Crippen LogP contribution in [0.5, 0.6) is 0 Å². The molecule has 3 aromatic rings. The number of nitrogens with zero attached hydrogens (tertiary/aromatic N) is 1. The highest BCUT2D eigenvalue weighted by Gasteiger charge is 2.43. The van der Waals surface area contributed by atoms with E-state index in [2.05, 4.69) is 6.92 Å². The first-order valence-electron chi connectivity index (χ1n) is 8.53. The van der Waals surface area contributed by atoms with Gasteiger partial charge >= 0.3 is 0 Å². The minimum atomic E-state index is -0.391. The van der Waals surface area contributed by atoms with E-state index in [-0.39, 0.29) is 0 Å². The number of hydrogen-bond donors (Lipinski definition) is 0. The van der Waals surface area contributed by atoms with E-state index in [1.807, 2.05) is 6.92 Å². The number of unbranched alkanes of at least 4 members (excludes halogenated alkanes) is 1. The standard InChI is InChI=1S/C20H17NO4S/c1-3-4-9-26-18-12(10-22)11(2)5-6-13(18)21-19(23)16-14-7-8-15(25-14)17(16)20(21)24/h5-8,10H,3-4,9H2,1-2H3. The van der Waals surface area contributed by atoms with Gasteiger partial charge in [-0.25, -0.2) is 4.90 Å². The first kappa shape index (κ1) is 16.8. The zero-order chi connectivity index (χ0) is 18.4. The summed E-state index contributed by atoms with van der Waals surface area (Å²) in [5, 5.41) is 0. The number of fused-ring (bicyclic) bond motifs is 5. The Morgan fingerprint density at radius 1 is 1.08 bits per heavy atom. The molecule has 0 fully saturated rings. The van der Waals surface area contributed by atoms with Crippen LogP contribution < -0.4 is 4.90 Å². The van der Waals surface area contributed by atoms with Crippen LogP contribution >= 0.6 is 11.8 Å². The van der Waals surface area contributed by atoms with Gasteiger partial charge in [0.15, 0.2) is 6.29 Å². The molecule has 2 amide bonds. The summed E-state index contributed by atoms with van der Waals surface area (Å²) in [6.07, 6.45) is 2.82. The molecule has 0 unspecified atom stereocenters. The SMILES string of the molecule is CCCCSc1c(N2C(=O)c3c(c4ccc3o4)C2=O)ccc(C)c1C=O. The van der Waals surface area contributed by atoms with E-state index in [9.17, 15) is 14.4 Å². The van der Waals surface area contributed by atoms with Crippen LogP contribution in [0.4, 0.5) is 5.69 Å². The number of carbonyl (C=O) groups excluding carboxylic acids is 3. The van der Waals surface area contributed by atoms with E-state index < -0.39 is 11.8 Å². The second-order valence-electron chi connectivity index (χ2n) is 6.32. The second-order valence-corrected chi connectivity index (χ2v) is 7.43. The molecule has 1 aliphatic heterocycles. The Hall–Kier alpha value is -2.60. The monoisotopic (exact) mass is 367 g/mol. The van der Waals surface area contributed by atoms with Crippen LogP contribution in [0.1, 0.15) is 56.4 Å². The Bertz CT molecular complexity index is 991. The molecular formula is C20H17NO4S. The summed E-state index contributed by atoms with van der Waals surface area (Å²) in [6, 6.07) is 6.92. The Labute approximate surface area is 154 Å². The summed E-state index contributed by atoms with van der Waals surface area (Å²) in [6.45, 7) is 3.95. The van der Waals surface area contributed by atoms with Gasteiger partial charge in [-0.15, -0.1) is 11.8 Å². The summed E-state index contributed by atoms with van der Waals surface area (Å²) in [5.41, 5.74) is 3.35. The number of anilines is 1. The van der Waals surface area contributed by atoms with Crippen LogP contribution in [0.25, 0.3) is 11.2 Å². The fourth-order valence-electron chi connectivity index (χ4n) is 3.29. The number of rotatable bonds is 6. The lowest BCUT2D eigenvalue weighted by atomic mass is 10.1. The smallest absolute Gasteiger partial charge is 0.270 e. The topological polar surface area (TPSA) is 67.6 Å². The van der Waals surface area contributed by atoms with E-state index in [1.54, 1.807) is 24.3 Å². The lowest BCUT2D eigenvalue weighted by molar-refractivity contribution is 0.0924.